The summed E-state index contributed by atoms with van der Waals surface area (Å²) in [6.45, 7) is 4.50. The molecule has 5 aromatic rings. The van der Waals surface area contributed by atoms with Crippen molar-refractivity contribution in [3.05, 3.63) is 90.6 Å². The summed E-state index contributed by atoms with van der Waals surface area (Å²) in [6.07, 6.45) is 4.22. The summed E-state index contributed by atoms with van der Waals surface area (Å²) in [7, 11) is 0. The highest BCUT2D eigenvalue weighted by molar-refractivity contribution is 6.06. The molecule has 148 valence electrons. The molecule has 0 spiro atoms. The predicted octanol–water partition coefficient (Wildman–Crippen LogP) is 8.22. The van der Waals surface area contributed by atoms with E-state index in [1.54, 1.807) is 0 Å². The molecule has 0 atom stereocenters. The zero-order valence-electron chi connectivity index (χ0n) is 17.4. The lowest BCUT2D eigenvalue weighted by molar-refractivity contribution is 0.641. The van der Waals surface area contributed by atoms with Crippen LogP contribution in [0.1, 0.15) is 38.2 Å². The fourth-order valence-corrected chi connectivity index (χ4v) is 4.37. The Labute approximate surface area is 177 Å². The van der Waals surface area contributed by atoms with E-state index >= 15 is 0 Å². The van der Waals surface area contributed by atoms with Gasteiger partial charge in [-0.05, 0) is 71.8 Å². The van der Waals surface area contributed by atoms with E-state index in [-0.39, 0.29) is 0 Å². The Hall–Kier alpha value is -3.39. The summed E-state index contributed by atoms with van der Waals surface area (Å²) in [6, 6.07) is 27.7. The van der Waals surface area contributed by atoms with Gasteiger partial charge in [0, 0.05) is 22.5 Å². The average molecular weight is 392 g/mol. The molecule has 2 heteroatoms. The van der Waals surface area contributed by atoms with Crippen LogP contribution in [0.2, 0.25) is 0 Å². The minimum absolute atomic E-state index is 0.582. The second-order valence-electron chi connectivity index (χ2n) is 7.88. The summed E-state index contributed by atoms with van der Waals surface area (Å²) >= 11 is 0. The van der Waals surface area contributed by atoms with Crippen LogP contribution in [0.4, 0.5) is 0 Å². The van der Waals surface area contributed by atoms with Gasteiger partial charge in [-0.2, -0.15) is 0 Å². The van der Waals surface area contributed by atoms with Gasteiger partial charge in [-0.3, -0.25) is 4.98 Å². The summed E-state index contributed by atoms with van der Waals surface area (Å²) in [5.41, 5.74) is 7.65. The Morgan fingerprint density at radius 2 is 1.37 bits per heavy atom. The SMILES string of the molecule is CCC(CC)c1ccnc(-c2ccc3c(c2)oc2cc(-c4ccccc4)ccc23)c1. The first-order valence-corrected chi connectivity index (χ1v) is 10.7. The van der Waals surface area contributed by atoms with Crippen molar-refractivity contribution in [3.63, 3.8) is 0 Å². The van der Waals surface area contributed by atoms with Gasteiger partial charge in [0.15, 0.2) is 0 Å². The predicted molar refractivity (Wildman–Crippen MR) is 126 cm³/mol. The monoisotopic (exact) mass is 391 g/mol. The average Bonchev–Trinajstić information content (AvgIpc) is 3.17. The fraction of sp³-hybridized carbons (Fsp3) is 0.179. The van der Waals surface area contributed by atoms with Gasteiger partial charge in [-0.25, -0.2) is 0 Å². The molecule has 0 saturated heterocycles. The van der Waals surface area contributed by atoms with Crippen molar-refractivity contribution < 1.29 is 4.42 Å². The maximum absolute atomic E-state index is 6.27. The zero-order chi connectivity index (χ0) is 20.5. The Kier molecular flexibility index (Phi) is 4.84. The molecular formula is C28H25NO. The maximum Gasteiger partial charge on any atom is 0.136 e. The molecule has 0 fully saturated rings. The molecule has 0 radical (unpaired) electrons. The van der Waals surface area contributed by atoms with Crippen LogP contribution in [0.25, 0.3) is 44.3 Å². The fourth-order valence-electron chi connectivity index (χ4n) is 4.37. The lowest BCUT2D eigenvalue weighted by atomic mass is 9.93. The molecular weight excluding hydrogens is 366 g/mol. The van der Waals surface area contributed by atoms with Gasteiger partial charge < -0.3 is 4.42 Å². The van der Waals surface area contributed by atoms with E-state index in [1.165, 1.54) is 16.7 Å². The standard InChI is InChI=1S/C28H25NO/c1-3-19(4-2)22-14-15-29-26(16-22)23-11-13-25-24-12-10-21(20-8-6-5-7-9-20)17-27(24)30-28(25)18-23/h5-19H,3-4H2,1-2H3. The number of fused-ring (bicyclic) bond motifs is 3. The molecule has 0 N–H and O–H groups in total. The van der Waals surface area contributed by atoms with Crippen molar-refractivity contribution >= 4 is 21.9 Å². The van der Waals surface area contributed by atoms with Crippen LogP contribution in [-0.2, 0) is 0 Å². The Morgan fingerprint density at radius 1 is 0.700 bits per heavy atom. The van der Waals surface area contributed by atoms with Crippen molar-refractivity contribution in [1.29, 1.82) is 0 Å². The van der Waals surface area contributed by atoms with Crippen molar-refractivity contribution in [2.24, 2.45) is 0 Å². The van der Waals surface area contributed by atoms with Gasteiger partial charge in [0.1, 0.15) is 11.2 Å². The second-order valence-corrected chi connectivity index (χ2v) is 7.88. The van der Waals surface area contributed by atoms with Gasteiger partial charge in [-0.15, -0.1) is 0 Å². The van der Waals surface area contributed by atoms with Gasteiger partial charge in [0.2, 0.25) is 0 Å². The lowest BCUT2D eigenvalue weighted by Gasteiger charge is -2.13. The van der Waals surface area contributed by atoms with Crippen LogP contribution in [0.15, 0.2) is 89.5 Å². The van der Waals surface area contributed by atoms with E-state index in [2.05, 4.69) is 91.6 Å². The highest BCUT2D eigenvalue weighted by atomic mass is 16.3. The highest BCUT2D eigenvalue weighted by Crippen LogP contribution is 2.35. The molecule has 0 bridgehead atoms. The molecule has 0 aliphatic carbocycles. The van der Waals surface area contributed by atoms with Crippen LogP contribution in [0, 0.1) is 0 Å². The van der Waals surface area contributed by atoms with E-state index in [0.717, 1.165) is 46.0 Å². The van der Waals surface area contributed by atoms with Crippen molar-refractivity contribution in [2.75, 3.05) is 0 Å². The van der Waals surface area contributed by atoms with Gasteiger partial charge in [-0.1, -0.05) is 56.3 Å². The first-order chi connectivity index (χ1) is 14.8. The van der Waals surface area contributed by atoms with Crippen LogP contribution in [0.5, 0.6) is 0 Å². The maximum atomic E-state index is 6.27. The second kappa shape index (κ2) is 7.79. The number of benzene rings is 3. The third-order valence-electron chi connectivity index (χ3n) is 6.12. The number of nitrogens with zero attached hydrogens (tertiary/aromatic N) is 1. The summed E-state index contributed by atoms with van der Waals surface area (Å²) in [4.78, 5) is 4.63. The van der Waals surface area contributed by atoms with Crippen molar-refractivity contribution in [2.45, 2.75) is 32.6 Å². The molecule has 3 aromatic carbocycles. The summed E-state index contributed by atoms with van der Waals surface area (Å²) in [5, 5.41) is 2.29. The normalized spacial score (nSPS) is 11.6. The smallest absolute Gasteiger partial charge is 0.136 e. The van der Waals surface area contributed by atoms with Crippen LogP contribution < -0.4 is 0 Å². The minimum Gasteiger partial charge on any atom is -0.456 e. The molecule has 0 aliphatic heterocycles. The number of pyridine rings is 1. The topological polar surface area (TPSA) is 26.0 Å². The van der Waals surface area contributed by atoms with Gasteiger partial charge >= 0.3 is 0 Å². The molecule has 5 rings (SSSR count). The molecule has 0 unspecified atom stereocenters. The molecule has 0 saturated carbocycles. The van der Waals surface area contributed by atoms with E-state index in [9.17, 15) is 0 Å². The molecule has 0 amide bonds. The van der Waals surface area contributed by atoms with E-state index in [1.807, 2.05) is 12.3 Å². The van der Waals surface area contributed by atoms with E-state index < -0.39 is 0 Å². The molecule has 2 heterocycles. The van der Waals surface area contributed by atoms with Gasteiger partial charge in [0.25, 0.3) is 0 Å². The number of rotatable bonds is 5. The lowest BCUT2D eigenvalue weighted by Crippen LogP contribution is -1.96. The molecule has 30 heavy (non-hydrogen) atoms. The largest absolute Gasteiger partial charge is 0.456 e. The summed E-state index contributed by atoms with van der Waals surface area (Å²) < 4.78 is 6.27. The Bertz CT molecular complexity index is 1310. The van der Waals surface area contributed by atoms with Crippen molar-refractivity contribution in [3.8, 4) is 22.4 Å². The minimum atomic E-state index is 0.582. The number of hydrogen-bond acceptors (Lipinski definition) is 2. The Balaban J connectivity index is 1.58. The van der Waals surface area contributed by atoms with Crippen LogP contribution in [-0.4, -0.2) is 4.98 Å². The first-order valence-electron chi connectivity index (χ1n) is 10.7. The molecule has 0 aliphatic rings. The van der Waals surface area contributed by atoms with Crippen LogP contribution >= 0.6 is 0 Å². The van der Waals surface area contributed by atoms with Crippen molar-refractivity contribution in [1.82, 2.24) is 4.98 Å². The quantitative estimate of drug-likeness (QED) is 0.302. The molecule has 2 nitrogen and oxygen atoms in total. The number of hydrogen-bond donors (Lipinski definition) is 0. The third kappa shape index (κ3) is 3.29. The van der Waals surface area contributed by atoms with E-state index in [4.69, 9.17) is 4.42 Å². The van der Waals surface area contributed by atoms with E-state index in [0.29, 0.717) is 5.92 Å². The Morgan fingerprint density at radius 3 is 2.07 bits per heavy atom. The van der Waals surface area contributed by atoms with Gasteiger partial charge in [0.05, 0.1) is 5.69 Å². The molecule has 2 aromatic heterocycles. The summed E-state index contributed by atoms with van der Waals surface area (Å²) in [5.74, 6) is 0.582. The number of furan rings is 1. The third-order valence-corrected chi connectivity index (χ3v) is 6.12. The first kappa shape index (κ1) is 18.6. The zero-order valence-corrected chi connectivity index (χ0v) is 17.4. The highest BCUT2D eigenvalue weighted by Gasteiger charge is 2.12. The number of aromatic nitrogens is 1. The van der Waals surface area contributed by atoms with Crippen LogP contribution in [0.3, 0.4) is 0 Å².